The van der Waals surface area contributed by atoms with Gasteiger partial charge in [0.2, 0.25) is 5.91 Å². The van der Waals surface area contributed by atoms with E-state index in [1.54, 1.807) is 24.3 Å². The fourth-order valence-electron chi connectivity index (χ4n) is 2.19. The number of anilines is 1. The second-order valence-electron chi connectivity index (χ2n) is 4.92. The highest BCUT2D eigenvalue weighted by Gasteiger charge is 2.23. The molecule has 1 aromatic carbocycles. The van der Waals surface area contributed by atoms with Crippen LogP contribution in [0.4, 0.5) is 5.69 Å². The number of carbonyl (C=O) groups excluding carboxylic acids is 2. The van der Waals surface area contributed by atoms with Gasteiger partial charge in [0.05, 0.1) is 0 Å². The zero-order chi connectivity index (χ0) is 13.8. The molecule has 4 nitrogen and oxygen atoms in total. The quantitative estimate of drug-likeness (QED) is 0.846. The summed E-state index contributed by atoms with van der Waals surface area (Å²) in [5.74, 6) is 0.383. The van der Waals surface area contributed by atoms with Crippen molar-refractivity contribution in [2.45, 2.75) is 13.3 Å². The highest BCUT2D eigenvalue weighted by atomic mass is 16.2. The van der Waals surface area contributed by atoms with Crippen molar-refractivity contribution in [2.75, 3.05) is 18.4 Å². The van der Waals surface area contributed by atoms with Gasteiger partial charge in [-0.1, -0.05) is 13.5 Å². The number of likely N-dealkylation sites (tertiary alicyclic amines) is 1. The fourth-order valence-corrected chi connectivity index (χ4v) is 2.19. The first-order chi connectivity index (χ1) is 9.10. The van der Waals surface area contributed by atoms with Gasteiger partial charge in [0, 0.05) is 24.3 Å². The molecule has 1 atom stereocenters. The zero-order valence-electron chi connectivity index (χ0n) is 11.1. The van der Waals surface area contributed by atoms with Crippen molar-refractivity contribution in [3.63, 3.8) is 0 Å². The molecule has 19 heavy (non-hydrogen) atoms. The van der Waals surface area contributed by atoms with E-state index in [0.717, 1.165) is 19.5 Å². The molecule has 0 spiro atoms. The Bertz CT molecular complexity index is 493. The Hall–Kier alpha value is -2.10. The van der Waals surface area contributed by atoms with E-state index in [9.17, 15) is 9.59 Å². The Labute approximate surface area is 113 Å². The van der Waals surface area contributed by atoms with E-state index in [1.807, 2.05) is 4.90 Å². The van der Waals surface area contributed by atoms with Crippen molar-refractivity contribution in [3.8, 4) is 0 Å². The third-order valence-electron chi connectivity index (χ3n) is 3.30. The molecule has 1 heterocycles. The summed E-state index contributed by atoms with van der Waals surface area (Å²) in [7, 11) is 0. The maximum atomic E-state index is 12.2. The van der Waals surface area contributed by atoms with Crippen LogP contribution in [0.3, 0.4) is 0 Å². The third kappa shape index (κ3) is 3.22. The summed E-state index contributed by atoms with van der Waals surface area (Å²) in [5, 5.41) is 2.65. The van der Waals surface area contributed by atoms with Gasteiger partial charge in [-0.15, -0.1) is 0 Å². The van der Waals surface area contributed by atoms with Crippen molar-refractivity contribution in [2.24, 2.45) is 5.92 Å². The minimum atomic E-state index is -0.257. The summed E-state index contributed by atoms with van der Waals surface area (Å²) < 4.78 is 0. The predicted molar refractivity (Wildman–Crippen MR) is 75.0 cm³/mol. The van der Waals surface area contributed by atoms with Gasteiger partial charge in [-0.25, -0.2) is 0 Å². The summed E-state index contributed by atoms with van der Waals surface area (Å²) in [5.41, 5.74) is 1.32. The summed E-state index contributed by atoms with van der Waals surface area (Å²) in [6, 6.07) is 6.94. The first-order valence-electron chi connectivity index (χ1n) is 6.43. The normalized spacial score (nSPS) is 18.2. The minimum absolute atomic E-state index is 0.0611. The minimum Gasteiger partial charge on any atom is -0.338 e. The molecule has 0 aromatic heterocycles. The van der Waals surface area contributed by atoms with Gasteiger partial charge in [0.25, 0.3) is 5.91 Å². The smallest absolute Gasteiger partial charge is 0.253 e. The number of hydrogen-bond acceptors (Lipinski definition) is 2. The topological polar surface area (TPSA) is 49.4 Å². The molecule has 1 saturated heterocycles. The van der Waals surface area contributed by atoms with E-state index in [4.69, 9.17) is 0 Å². The van der Waals surface area contributed by atoms with Gasteiger partial charge in [0.1, 0.15) is 0 Å². The SMILES string of the molecule is C=CC(=O)Nc1ccc(C(=O)N2CC[C@@H](C)C2)cc1. The van der Waals surface area contributed by atoms with Gasteiger partial charge in [-0.2, -0.15) is 0 Å². The molecule has 2 amide bonds. The molecular formula is C15H18N2O2. The molecule has 1 fully saturated rings. The monoisotopic (exact) mass is 258 g/mol. The third-order valence-corrected chi connectivity index (χ3v) is 3.30. The average molecular weight is 258 g/mol. The van der Waals surface area contributed by atoms with Gasteiger partial charge < -0.3 is 10.2 Å². The lowest BCUT2D eigenvalue weighted by atomic mass is 10.1. The van der Waals surface area contributed by atoms with Crippen LogP contribution in [0.1, 0.15) is 23.7 Å². The number of hydrogen-bond donors (Lipinski definition) is 1. The Morgan fingerprint density at radius 2 is 2.05 bits per heavy atom. The lowest BCUT2D eigenvalue weighted by molar-refractivity contribution is -0.111. The molecule has 0 unspecified atom stereocenters. The lowest BCUT2D eigenvalue weighted by Gasteiger charge is -2.16. The molecule has 0 saturated carbocycles. The highest BCUT2D eigenvalue weighted by molar-refractivity contribution is 5.99. The van der Waals surface area contributed by atoms with E-state index >= 15 is 0 Å². The molecule has 1 aliphatic rings. The van der Waals surface area contributed by atoms with E-state index in [0.29, 0.717) is 17.2 Å². The Morgan fingerprint density at radius 3 is 2.58 bits per heavy atom. The summed E-state index contributed by atoms with van der Waals surface area (Å²) in [6.45, 7) is 7.20. The van der Waals surface area contributed by atoms with Gasteiger partial charge >= 0.3 is 0 Å². The average Bonchev–Trinajstić information content (AvgIpc) is 2.85. The summed E-state index contributed by atoms with van der Waals surface area (Å²) in [4.78, 5) is 25.2. The Morgan fingerprint density at radius 1 is 1.37 bits per heavy atom. The molecular weight excluding hydrogens is 240 g/mol. The molecule has 1 aromatic rings. The number of carbonyl (C=O) groups is 2. The van der Waals surface area contributed by atoms with E-state index in [2.05, 4.69) is 18.8 Å². The van der Waals surface area contributed by atoms with Crippen LogP contribution in [0.15, 0.2) is 36.9 Å². The first kappa shape index (κ1) is 13.3. The highest BCUT2D eigenvalue weighted by Crippen LogP contribution is 2.19. The second kappa shape index (κ2) is 5.69. The van der Waals surface area contributed by atoms with Crippen LogP contribution < -0.4 is 5.32 Å². The van der Waals surface area contributed by atoms with Crippen molar-refractivity contribution < 1.29 is 9.59 Å². The van der Waals surface area contributed by atoms with Gasteiger partial charge in [0.15, 0.2) is 0 Å². The Balaban J connectivity index is 2.03. The van der Waals surface area contributed by atoms with E-state index in [1.165, 1.54) is 6.08 Å². The van der Waals surface area contributed by atoms with Crippen molar-refractivity contribution >= 4 is 17.5 Å². The van der Waals surface area contributed by atoms with Crippen LogP contribution in [0.2, 0.25) is 0 Å². The van der Waals surface area contributed by atoms with Crippen molar-refractivity contribution in [1.29, 1.82) is 0 Å². The standard InChI is InChI=1S/C15H18N2O2/c1-3-14(18)16-13-6-4-12(5-7-13)15(19)17-9-8-11(2)10-17/h3-7,11H,1,8-10H2,2H3,(H,16,18)/t11-/m1/s1. The number of amides is 2. The van der Waals surface area contributed by atoms with Crippen LogP contribution in [0, 0.1) is 5.92 Å². The number of nitrogens with zero attached hydrogens (tertiary/aromatic N) is 1. The molecule has 0 aliphatic carbocycles. The van der Waals surface area contributed by atoms with E-state index < -0.39 is 0 Å². The number of rotatable bonds is 3. The molecule has 1 aliphatic heterocycles. The lowest BCUT2D eigenvalue weighted by Crippen LogP contribution is -2.28. The summed E-state index contributed by atoms with van der Waals surface area (Å²) >= 11 is 0. The molecule has 0 bridgehead atoms. The molecule has 4 heteroatoms. The van der Waals surface area contributed by atoms with Crippen LogP contribution in [-0.4, -0.2) is 29.8 Å². The second-order valence-corrected chi connectivity index (χ2v) is 4.92. The van der Waals surface area contributed by atoms with Crippen molar-refractivity contribution in [1.82, 2.24) is 4.90 Å². The molecule has 0 radical (unpaired) electrons. The van der Waals surface area contributed by atoms with E-state index in [-0.39, 0.29) is 11.8 Å². The molecule has 1 N–H and O–H groups in total. The maximum absolute atomic E-state index is 12.2. The Kier molecular flexibility index (Phi) is 4.00. The largest absolute Gasteiger partial charge is 0.338 e. The first-order valence-corrected chi connectivity index (χ1v) is 6.43. The number of nitrogens with one attached hydrogen (secondary N) is 1. The predicted octanol–water partition coefficient (Wildman–Crippen LogP) is 2.29. The molecule has 2 rings (SSSR count). The van der Waals surface area contributed by atoms with Gasteiger partial charge in [-0.3, -0.25) is 9.59 Å². The van der Waals surface area contributed by atoms with Crippen LogP contribution in [-0.2, 0) is 4.79 Å². The maximum Gasteiger partial charge on any atom is 0.253 e. The zero-order valence-corrected chi connectivity index (χ0v) is 11.1. The van der Waals surface area contributed by atoms with Crippen LogP contribution in [0.5, 0.6) is 0 Å². The molecule has 100 valence electrons. The van der Waals surface area contributed by atoms with Crippen LogP contribution in [0.25, 0.3) is 0 Å². The number of benzene rings is 1. The summed E-state index contributed by atoms with van der Waals surface area (Å²) in [6.07, 6.45) is 2.28. The van der Waals surface area contributed by atoms with Gasteiger partial charge in [-0.05, 0) is 42.7 Å². The van der Waals surface area contributed by atoms with Crippen LogP contribution >= 0.6 is 0 Å². The fraction of sp³-hybridized carbons (Fsp3) is 0.333. The van der Waals surface area contributed by atoms with Crippen molar-refractivity contribution in [3.05, 3.63) is 42.5 Å².